The fraction of sp³-hybridized carbons (Fsp3) is 0.125. The van der Waals surface area contributed by atoms with Crippen molar-refractivity contribution >= 4 is 27.5 Å². The number of hydrogen-bond donors (Lipinski definition) is 2. The zero-order chi connectivity index (χ0) is 15.9. The van der Waals surface area contributed by atoms with Crippen LogP contribution in [0.3, 0.4) is 0 Å². The molecule has 0 atom stereocenters. The number of carbonyl (C=O) groups is 1. The third kappa shape index (κ3) is 2.27. The maximum absolute atomic E-state index is 12.3. The van der Waals surface area contributed by atoms with Crippen LogP contribution in [0.1, 0.15) is 21.5 Å². The van der Waals surface area contributed by atoms with Gasteiger partial charge in [-0.2, -0.15) is 0 Å². The van der Waals surface area contributed by atoms with Crippen molar-refractivity contribution in [2.75, 3.05) is 0 Å². The van der Waals surface area contributed by atoms with Gasteiger partial charge in [0.2, 0.25) is 0 Å². The Bertz CT molecular complexity index is 939. The van der Waals surface area contributed by atoms with Gasteiger partial charge >= 0.3 is 5.97 Å². The maximum atomic E-state index is 12.3. The number of aryl methyl sites for hydroxylation is 1. The van der Waals surface area contributed by atoms with Gasteiger partial charge in [-0.15, -0.1) is 11.3 Å². The van der Waals surface area contributed by atoms with E-state index in [1.807, 2.05) is 31.2 Å². The lowest BCUT2D eigenvalue weighted by atomic mass is 10.1. The average molecular weight is 315 g/mol. The number of hydrogen-bond acceptors (Lipinski definition) is 4. The zero-order valence-corrected chi connectivity index (χ0v) is 12.6. The fourth-order valence-corrected chi connectivity index (χ4v) is 3.44. The van der Waals surface area contributed by atoms with Gasteiger partial charge in [-0.1, -0.05) is 29.8 Å². The molecule has 2 N–H and O–H groups in total. The van der Waals surface area contributed by atoms with Crippen LogP contribution >= 0.6 is 11.3 Å². The predicted octanol–water partition coefficient (Wildman–Crippen LogP) is 2.82. The minimum Gasteiger partial charge on any atom is -0.502 e. The first-order valence-electron chi connectivity index (χ1n) is 6.61. The van der Waals surface area contributed by atoms with Gasteiger partial charge in [0.1, 0.15) is 5.56 Å². The van der Waals surface area contributed by atoms with Crippen molar-refractivity contribution in [3.63, 3.8) is 0 Å². The van der Waals surface area contributed by atoms with E-state index < -0.39 is 17.3 Å². The van der Waals surface area contributed by atoms with Crippen LogP contribution in [0.4, 0.5) is 0 Å². The number of pyridine rings is 1. The summed E-state index contributed by atoms with van der Waals surface area (Å²) in [7, 11) is 0. The monoisotopic (exact) mass is 315 g/mol. The average Bonchev–Trinajstić information content (AvgIpc) is 2.92. The first kappa shape index (κ1) is 14.3. The Kier molecular flexibility index (Phi) is 3.46. The van der Waals surface area contributed by atoms with Gasteiger partial charge < -0.3 is 10.2 Å². The van der Waals surface area contributed by atoms with Gasteiger partial charge in [-0.25, -0.2) is 4.79 Å². The molecule has 0 fully saturated rings. The molecule has 0 aliphatic heterocycles. The van der Waals surface area contributed by atoms with Crippen LogP contribution in [-0.4, -0.2) is 20.7 Å². The predicted molar refractivity (Wildman–Crippen MR) is 85.0 cm³/mol. The Balaban J connectivity index is 2.25. The second-order valence-electron chi connectivity index (χ2n) is 5.04. The summed E-state index contributed by atoms with van der Waals surface area (Å²) in [5.41, 5.74) is 1.49. The van der Waals surface area contributed by atoms with E-state index in [2.05, 4.69) is 0 Å². The molecule has 0 bridgehead atoms. The molecule has 112 valence electrons. The smallest absolute Gasteiger partial charge is 0.341 e. The number of fused-ring (bicyclic) bond motifs is 1. The van der Waals surface area contributed by atoms with Crippen LogP contribution in [0, 0.1) is 6.92 Å². The molecule has 0 saturated heterocycles. The molecule has 1 aromatic carbocycles. The molecule has 0 saturated carbocycles. The van der Waals surface area contributed by atoms with E-state index in [0.29, 0.717) is 10.2 Å². The number of thiophene rings is 1. The molecular formula is C16H13NO4S. The Hall–Kier alpha value is -2.60. The van der Waals surface area contributed by atoms with Gasteiger partial charge in [0, 0.05) is 0 Å². The molecule has 3 rings (SSSR count). The summed E-state index contributed by atoms with van der Waals surface area (Å²) in [6, 6.07) is 9.39. The standard InChI is InChI=1S/C16H13NO4S/c1-9-3-2-4-10(7-9)8-17-11-5-6-22-14(11)12(16(20)21)13(18)15(17)19/h2-7,18H,8H2,1H3,(H,20,21). The van der Waals surface area contributed by atoms with Crippen LogP contribution < -0.4 is 5.56 Å². The van der Waals surface area contributed by atoms with Crippen molar-refractivity contribution in [1.29, 1.82) is 0 Å². The van der Waals surface area contributed by atoms with Crippen LogP contribution in [0.15, 0.2) is 40.5 Å². The number of nitrogens with zero attached hydrogens (tertiary/aromatic N) is 1. The molecule has 0 radical (unpaired) electrons. The lowest BCUT2D eigenvalue weighted by Crippen LogP contribution is -2.22. The van der Waals surface area contributed by atoms with Gasteiger partial charge in [0.05, 0.1) is 16.8 Å². The third-order valence-corrected chi connectivity index (χ3v) is 4.40. The number of aromatic hydroxyl groups is 1. The summed E-state index contributed by atoms with van der Waals surface area (Å²) in [6.45, 7) is 2.23. The van der Waals surface area contributed by atoms with E-state index in [-0.39, 0.29) is 12.1 Å². The lowest BCUT2D eigenvalue weighted by molar-refractivity contribution is 0.0695. The van der Waals surface area contributed by atoms with Crippen molar-refractivity contribution in [3.8, 4) is 5.75 Å². The first-order valence-corrected chi connectivity index (χ1v) is 7.49. The molecule has 2 heterocycles. The summed E-state index contributed by atoms with van der Waals surface area (Å²) in [4.78, 5) is 23.6. The van der Waals surface area contributed by atoms with E-state index in [1.165, 1.54) is 15.9 Å². The summed E-state index contributed by atoms with van der Waals surface area (Å²) in [6.07, 6.45) is 0. The Morgan fingerprint density at radius 2 is 2.09 bits per heavy atom. The maximum Gasteiger partial charge on any atom is 0.341 e. The van der Waals surface area contributed by atoms with Crippen LogP contribution in [0.25, 0.3) is 10.2 Å². The summed E-state index contributed by atoms with van der Waals surface area (Å²) >= 11 is 1.19. The normalized spacial score (nSPS) is 11.0. The van der Waals surface area contributed by atoms with Gasteiger partial charge in [-0.05, 0) is 23.9 Å². The minimum atomic E-state index is -1.30. The highest BCUT2D eigenvalue weighted by atomic mass is 32.1. The molecule has 5 nitrogen and oxygen atoms in total. The quantitative estimate of drug-likeness (QED) is 0.779. The number of aromatic nitrogens is 1. The van der Waals surface area contributed by atoms with E-state index in [4.69, 9.17) is 0 Å². The van der Waals surface area contributed by atoms with E-state index >= 15 is 0 Å². The summed E-state index contributed by atoms with van der Waals surface area (Å²) in [5, 5.41) is 20.9. The number of benzene rings is 1. The number of carboxylic acids is 1. The minimum absolute atomic E-state index is 0.279. The van der Waals surface area contributed by atoms with Gasteiger partial charge in [0.25, 0.3) is 5.56 Å². The Morgan fingerprint density at radius 3 is 2.77 bits per heavy atom. The molecular weight excluding hydrogens is 302 g/mol. The molecule has 22 heavy (non-hydrogen) atoms. The number of aromatic carboxylic acids is 1. The second kappa shape index (κ2) is 5.31. The highest BCUT2D eigenvalue weighted by Crippen LogP contribution is 2.29. The van der Waals surface area contributed by atoms with E-state index in [1.54, 1.807) is 11.4 Å². The lowest BCUT2D eigenvalue weighted by Gasteiger charge is -2.11. The number of rotatable bonds is 3. The summed E-state index contributed by atoms with van der Waals surface area (Å²) < 4.78 is 1.81. The first-order chi connectivity index (χ1) is 10.5. The zero-order valence-electron chi connectivity index (χ0n) is 11.7. The highest BCUT2D eigenvalue weighted by molar-refractivity contribution is 7.17. The largest absolute Gasteiger partial charge is 0.502 e. The second-order valence-corrected chi connectivity index (χ2v) is 5.96. The van der Waals surface area contributed by atoms with Crippen molar-refractivity contribution in [1.82, 2.24) is 4.57 Å². The molecule has 0 spiro atoms. The SMILES string of the molecule is Cc1cccc(Cn2c(=O)c(O)c(C(=O)O)c3sccc32)c1. The van der Waals surface area contributed by atoms with Gasteiger partial charge in [-0.3, -0.25) is 9.36 Å². The summed E-state index contributed by atoms with van der Waals surface area (Å²) in [5.74, 6) is -2.01. The van der Waals surface area contributed by atoms with Crippen LogP contribution in [0.5, 0.6) is 5.75 Å². The van der Waals surface area contributed by atoms with Crippen LogP contribution in [-0.2, 0) is 6.54 Å². The third-order valence-electron chi connectivity index (χ3n) is 3.48. The van der Waals surface area contributed by atoms with Crippen LogP contribution in [0.2, 0.25) is 0 Å². The van der Waals surface area contributed by atoms with E-state index in [0.717, 1.165) is 11.1 Å². The Labute approximate surface area is 129 Å². The Morgan fingerprint density at radius 1 is 1.32 bits per heavy atom. The molecule has 0 aliphatic rings. The topological polar surface area (TPSA) is 79.5 Å². The van der Waals surface area contributed by atoms with Crippen molar-refractivity contribution < 1.29 is 15.0 Å². The van der Waals surface area contributed by atoms with Crippen molar-refractivity contribution in [2.24, 2.45) is 0 Å². The van der Waals surface area contributed by atoms with Crippen molar-refractivity contribution in [2.45, 2.75) is 13.5 Å². The highest BCUT2D eigenvalue weighted by Gasteiger charge is 2.22. The van der Waals surface area contributed by atoms with Crippen molar-refractivity contribution in [3.05, 3.63) is 62.8 Å². The van der Waals surface area contributed by atoms with Gasteiger partial charge in [0.15, 0.2) is 5.75 Å². The molecule has 0 aliphatic carbocycles. The molecule has 6 heteroatoms. The molecule has 0 unspecified atom stereocenters. The molecule has 3 aromatic rings. The fourth-order valence-electron chi connectivity index (χ4n) is 2.50. The number of carboxylic acid groups (broad SMARTS) is 1. The van der Waals surface area contributed by atoms with E-state index in [9.17, 15) is 19.8 Å². The molecule has 2 aromatic heterocycles. The molecule has 0 amide bonds.